The van der Waals surface area contributed by atoms with Crippen LogP contribution in [0.25, 0.3) is 5.82 Å². The molecule has 0 aliphatic carbocycles. The van der Waals surface area contributed by atoms with Crippen molar-refractivity contribution in [2.24, 2.45) is 0 Å². The zero-order chi connectivity index (χ0) is 14.2. The number of carbonyl (C=O) groups is 1. The summed E-state index contributed by atoms with van der Waals surface area (Å²) < 4.78 is 38.1. The minimum atomic E-state index is -4.48. The summed E-state index contributed by atoms with van der Waals surface area (Å²) in [7, 11) is 0. The van der Waals surface area contributed by atoms with Crippen molar-refractivity contribution >= 4 is 5.97 Å². The number of alkyl halides is 3. The van der Waals surface area contributed by atoms with E-state index in [-0.39, 0.29) is 17.2 Å². The van der Waals surface area contributed by atoms with E-state index >= 15 is 0 Å². The first-order chi connectivity index (χ1) is 8.80. The average Bonchev–Trinajstić information content (AvgIpc) is 2.70. The standard InChI is InChI=1S/C10H7F3N4O2/c1-5-8(9(18)19)15-16-17(5)7-3-2-6(4-14-7)10(11,12)13/h2-4H,1H3,(H,18,19). The molecule has 6 nitrogen and oxygen atoms in total. The summed E-state index contributed by atoms with van der Waals surface area (Å²) in [4.78, 5) is 14.4. The second-order valence-corrected chi connectivity index (χ2v) is 3.64. The van der Waals surface area contributed by atoms with Crippen molar-refractivity contribution in [1.82, 2.24) is 20.0 Å². The number of aromatic carboxylic acids is 1. The number of halogens is 3. The first kappa shape index (κ1) is 13.0. The molecule has 100 valence electrons. The van der Waals surface area contributed by atoms with Gasteiger partial charge in [0, 0.05) is 6.20 Å². The Morgan fingerprint density at radius 2 is 2.05 bits per heavy atom. The van der Waals surface area contributed by atoms with E-state index in [9.17, 15) is 18.0 Å². The Morgan fingerprint density at radius 3 is 2.47 bits per heavy atom. The third-order valence-electron chi connectivity index (χ3n) is 2.39. The predicted octanol–water partition coefficient (Wildman–Crippen LogP) is 1.69. The van der Waals surface area contributed by atoms with Crippen molar-refractivity contribution in [3.63, 3.8) is 0 Å². The lowest BCUT2D eigenvalue weighted by atomic mass is 10.3. The highest BCUT2D eigenvalue weighted by molar-refractivity contribution is 5.86. The molecule has 0 aromatic carbocycles. The largest absolute Gasteiger partial charge is 0.476 e. The molecule has 0 spiro atoms. The molecule has 0 saturated carbocycles. The van der Waals surface area contributed by atoms with Crippen LogP contribution in [-0.4, -0.2) is 31.1 Å². The Balaban J connectivity index is 2.41. The Morgan fingerprint density at radius 1 is 1.37 bits per heavy atom. The number of aromatic nitrogens is 4. The van der Waals surface area contributed by atoms with Gasteiger partial charge in [-0.3, -0.25) is 0 Å². The van der Waals surface area contributed by atoms with Crippen molar-refractivity contribution in [1.29, 1.82) is 0 Å². The Labute approximate surface area is 104 Å². The molecule has 0 bridgehead atoms. The molecule has 0 aliphatic rings. The third-order valence-corrected chi connectivity index (χ3v) is 2.39. The fourth-order valence-corrected chi connectivity index (χ4v) is 1.42. The molecule has 0 fully saturated rings. The van der Waals surface area contributed by atoms with E-state index in [0.717, 1.165) is 16.8 Å². The summed E-state index contributed by atoms with van der Waals surface area (Å²) in [5.74, 6) is -1.21. The quantitative estimate of drug-likeness (QED) is 0.899. The molecule has 0 atom stereocenters. The van der Waals surface area contributed by atoms with Gasteiger partial charge >= 0.3 is 12.1 Å². The second kappa shape index (κ2) is 4.34. The number of hydrogen-bond acceptors (Lipinski definition) is 4. The first-order valence-electron chi connectivity index (χ1n) is 5.00. The van der Waals surface area contributed by atoms with Crippen LogP contribution in [0.5, 0.6) is 0 Å². The fraction of sp³-hybridized carbons (Fsp3) is 0.200. The summed E-state index contributed by atoms with van der Waals surface area (Å²) >= 11 is 0. The van der Waals surface area contributed by atoms with Gasteiger partial charge in [-0.25, -0.2) is 9.78 Å². The van der Waals surface area contributed by atoms with Gasteiger partial charge in [-0.05, 0) is 19.1 Å². The minimum Gasteiger partial charge on any atom is -0.476 e. The molecule has 0 aliphatic heterocycles. The third kappa shape index (κ3) is 2.39. The number of pyridine rings is 1. The molecule has 2 heterocycles. The van der Waals surface area contributed by atoms with Crippen molar-refractivity contribution in [3.05, 3.63) is 35.3 Å². The Kier molecular flexibility index (Phi) is 2.97. The molecule has 2 aromatic rings. The highest BCUT2D eigenvalue weighted by atomic mass is 19.4. The number of carboxylic acids is 1. The second-order valence-electron chi connectivity index (χ2n) is 3.64. The van der Waals surface area contributed by atoms with Crippen LogP contribution in [0.2, 0.25) is 0 Å². The summed E-state index contributed by atoms with van der Waals surface area (Å²) in [6.45, 7) is 1.43. The van der Waals surface area contributed by atoms with Gasteiger partial charge < -0.3 is 5.11 Å². The number of carboxylic acid groups (broad SMARTS) is 1. The molecule has 0 unspecified atom stereocenters. The maximum atomic E-state index is 12.4. The lowest BCUT2D eigenvalue weighted by Gasteiger charge is -2.07. The summed E-state index contributed by atoms with van der Waals surface area (Å²) in [5, 5.41) is 15.7. The van der Waals surface area contributed by atoms with Gasteiger partial charge in [0.25, 0.3) is 0 Å². The van der Waals surface area contributed by atoms with Crippen LogP contribution < -0.4 is 0 Å². The zero-order valence-electron chi connectivity index (χ0n) is 9.51. The van der Waals surface area contributed by atoms with Crippen LogP contribution in [-0.2, 0) is 6.18 Å². The summed E-state index contributed by atoms with van der Waals surface area (Å²) in [6, 6.07) is 1.93. The molecule has 2 aromatic heterocycles. The van der Waals surface area contributed by atoms with Gasteiger partial charge in [0.15, 0.2) is 11.5 Å². The summed E-state index contributed by atoms with van der Waals surface area (Å²) in [6.07, 6.45) is -3.83. The fourth-order valence-electron chi connectivity index (χ4n) is 1.42. The molecule has 2 rings (SSSR count). The van der Waals surface area contributed by atoms with Crippen LogP contribution in [0.4, 0.5) is 13.2 Å². The Hall–Kier alpha value is -2.45. The summed E-state index contributed by atoms with van der Waals surface area (Å²) in [5.41, 5.74) is -0.992. The first-order valence-corrected chi connectivity index (χ1v) is 5.00. The van der Waals surface area contributed by atoms with Crippen LogP contribution in [0.1, 0.15) is 21.7 Å². The minimum absolute atomic E-state index is 0.0606. The maximum Gasteiger partial charge on any atom is 0.417 e. The van der Waals surface area contributed by atoms with Gasteiger partial charge in [-0.15, -0.1) is 5.10 Å². The zero-order valence-corrected chi connectivity index (χ0v) is 9.51. The molecular weight excluding hydrogens is 265 g/mol. The van der Waals surface area contributed by atoms with E-state index in [0.29, 0.717) is 6.20 Å². The van der Waals surface area contributed by atoms with Crippen molar-refractivity contribution in [2.75, 3.05) is 0 Å². The van der Waals surface area contributed by atoms with Crippen molar-refractivity contribution < 1.29 is 23.1 Å². The lowest BCUT2D eigenvalue weighted by molar-refractivity contribution is -0.137. The highest BCUT2D eigenvalue weighted by Crippen LogP contribution is 2.28. The average molecular weight is 272 g/mol. The molecule has 0 saturated heterocycles. The van der Waals surface area contributed by atoms with E-state index in [2.05, 4.69) is 15.3 Å². The molecule has 1 N–H and O–H groups in total. The predicted molar refractivity (Wildman–Crippen MR) is 55.9 cm³/mol. The topological polar surface area (TPSA) is 80.9 Å². The molecule has 0 radical (unpaired) electrons. The number of nitrogens with zero attached hydrogens (tertiary/aromatic N) is 4. The van der Waals surface area contributed by atoms with Crippen molar-refractivity contribution in [3.8, 4) is 5.82 Å². The maximum absolute atomic E-state index is 12.4. The van der Waals surface area contributed by atoms with Gasteiger partial charge in [-0.2, -0.15) is 17.9 Å². The molecular formula is C10H7F3N4O2. The van der Waals surface area contributed by atoms with Gasteiger partial charge in [0.1, 0.15) is 0 Å². The highest BCUT2D eigenvalue weighted by Gasteiger charge is 2.30. The smallest absolute Gasteiger partial charge is 0.417 e. The van der Waals surface area contributed by atoms with Gasteiger partial charge in [0.2, 0.25) is 0 Å². The normalized spacial score (nSPS) is 11.6. The number of hydrogen-bond donors (Lipinski definition) is 1. The monoisotopic (exact) mass is 272 g/mol. The van der Waals surface area contributed by atoms with E-state index < -0.39 is 17.7 Å². The SMILES string of the molecule is Cc1c(C(=O)O)nnn1-c1ccc(C(F)(F)F)cn1. The lowest BCUT2D eigenvalue weighted by Crippen LogP contribution is -2.08. The van der Waals surface area contributed by atoms with E-state index in [1.807, 2.05) is 0 Å². The van der Waals surface area contributed by atoms with Crippen molar-refractivity contribution in [2.45, 2.75) is 13.1 Å². The van der Waals surface area contributed by atoms with Gasteiger partial charge in [0.05, 0.1) is 11.3 Å². The van der Waals surface area contributed by atoms with Crippen LogP contribution in [0.3, 0.4) is 0 Å². The molecule has 0 amide bonds. The van der Waals surface area contributed by atoms with Crippen LogP contribution in [0.15, 0.2) is 18.3 Å². The Bertz CT molecular complexity index is 619. The molecule has 9 heteroatoms. The van der Waals surface area contributed by atoms with Crippen LogP contribution >= 0.6 is 0 Å². The van der Waals surface area contributed by atoms with E-state index in [4.69, 9.17) is 5.11 Å². The van der Waals surface area contributed by atoms with Gasteiger partial charge in [-0.1, -0.05) is 5.21 Å². The van der Waals surface area contributed by atoms with Crippen LogP contribution in [0, 0.1) is 6.92 Å². The number of rotatable bonds is 2. The van der Waals surface area contributed by atoms with E-state index in [1.165, 1.54) is 6.92 Å². The molecule has 19 heavy (non-hydrogen) atoms. The van der Waals surface area contributed by atoms with E-state index in [1.54, 1.807) is 0 Å².